The molecule has 0 radical (unpaired) electrons. The van der Waals surface area contributed by atoms with Gasteiger partial charge in [0.1, 0.15) is 18.0 Å². The Morgan fingerprint density at radius 3 is 2.77 bits per heavy atom. The molecule has 2 N–H and O–H groups in total. The SMILES string of the molecule is O=C(Cc1ncn2ccc(Cl)cc12)Nc1cc(NCc2cn3cc(C4CC4)cc(N4CCCC4=O)c3n2)ncn1. The van der Waals surface area contributed by atoms with E-state index in [0.29, 0.717) is 41.2 Å². The molecule has 2 amide bonds. The van der Waals surface area contributed by atoms with Gasteiger partial charge in [-0.1, -0.05) is 11.6 Å². The van der Waals surface area contributed by atoms with Gasteiger partial charge in [0, 0.05) is 42.6 Å². The number of imidazole rings is 2. The number of nitrogens with zero attached hydrogens (tertiary/aromatic N) is 7. The number of aromatic nitrogens is 6. The average Bonchev–Trinajstić information content (AvgIpc) is 3.39. The van der Waals surface area contributed by atoms with Crippen LogP contribution in [0.15, 0.2) is 55.5 Å². The predicted octanol–water partition coefficient (Wildman–Crippen LogP) is 4.22. The highest BCUT2D eigenvalue weighted by Gasteiger charge is 2.29. The maximum absolute atomic E-state index is 12.7. The molecule has 1 aliphatic carbocycles. The second-order valence-electron chi connectivity index (χ2n) is 10.2. The molecule has 202 valence electrons. The van der Waals surface area contributed by atoms with Crippen molar-refractivity contribution >= 4 is 51.9 Å². The summed E-state index contributed by atoms with van der Waals surface area (Å²) in [6.07, 6.45) is 12.9. The summed E-state index contributed by atoms with van der Waals surface area (Å²) in [5.41, 5.74) is 5.14. The number of hydrogen-bond donors (Lipinski definition) is 2. The van der Waals surface area contributed by atoms with E-state index in [-0.39, 0.29) is 18.2 Å². The first-order valence-corrected chi connectivity index (χ1v) is 13.7. The molecule has 1 saturated carbocycles. The number of anilines is 3. The molecule has 0 atom stereocenters. The number of amides is 2. The number of carbonyl (C=O) groups excluding carboxylic acids is 2. The van der Waals surface area contributed by atoms with E-state index in [0.717, 1.165) is 35.5 Å². The van der Waals surface area contributed by atoms with Gasteiger partial charge in [-0.25, -0.2) is 19.9 Å². The zero-order chi connectivity index (χ0) is 27.2. The van der Waals surface area contributed by atoms with Crippen molar-refractivity contribution in [3.05, 3.63) is 77.5 Å². The highest BCUT2D eigenvalue weighted by molar-refractivity contribution is 6.30. The van der Waals surface area contributed by atoms with E-state index in [9.17, 15) is 9.59 Å². The normalized spacial score (nSPS) is 15.3. The Morgan fingerprint density at radius 1 is 1.07 bits per heavy atom. The maximum atomic E-state index is 12.7. The van der Waals surface area contributed by atoms with Crippen molar-refractivity contribution in [1.29, 1.82) is 0 Å². The molecule has 0 aromatic carbocycles. The summed E-state index contributed by atoms with van der Waals surface area (Å²) in [5, 5.41) is 6.67. The largest absolute Gasteiger partial charge is 0.364 e. The van der Waals surface area contributed by atoms with Crippen LogP contribution in [0.1, 0.15) is 48.6 Å². The summed E-state index contributed by atoms with van der Waals surface area (Å²) in [6, 6.07) is 7.36. The summed E-state index contributed by atoms with van der Waals surface area (Å²) in [7, 11) is 0. The van der Waals surface area contributed by atoms with Crippen LogP contribution in [-0.2, 0) is 22.6 Å². The summed E-state index contributed by atoms with van der Waals surface area (Å²) < 4.78 is 3.85. The molecule has 2 fully saturated rings. The third kappa shape index (κ3) is 4.84. The zero-order valence-corrected chi connectivity index (χ0v) is 22.3. The lowest BCUT2D eigenvalue weighted by molar-refractivity contribution is -0.117. The topological polar surface area (TPSA) is 122 Å². The minimum atomic E-state index is -0.249. The fraction of sp³-hybridized carbons (Fsp3) is 0.286. The smallest absolute Gasteiger partial charge is 0.231 e. The molecule has 0 unspecified atom stereocenters. The highest BCUT2D eigenvalue weighted by Crippen LogP contribution is 2.42. The third-order valence-corrected chi connectivity index (χ3v) is 7.54. The first-order chi connectivity index (χ1) is 19.5. The van der Waals surface area contributed by atoms with Crippen LogP contribution in [0.3, 0.4) is 0 Å². The number of rotatable bonds is 8. The van der Waals surface area contributed by atoms with Crippen molar-refractivity contribution in [2.75, 3.05) is 22.1 Å². The number of carbonyl (C=O) groups is 2. The van der Waals surface area contributed by atoms with Gasteiger partial charge in [-0.3, -0.25) is 9.59 Å². The number of pyridine rings is 2. The molecule has 40 heavy (non-hydrogen) atoms. The van der Waals surface area contributed by atoms with Gasteiger partial charge >= 0.3 is 0 Å². The van der Waals surface area contributed by atoms with Crippen LogP contribution in [0.5, 0.6) is 0 Å². The van der Waals surface area contributed by atoms with Crippen molar-refractivity contribution in [3.8, 4) is 0 Å². The molecule has 5 aromatic heterocycles. The van der Waals surface area contributed by atoms with Gasteiger partial charge in [-0.15, -0.1) is 0 Å². The first-order valence-electron chi connectivity index (χ1n) is 13.3. The molecule has 7 rings (SSSR count). The Balaban J connectivity index is 1.05. The lowest BCUT2D eigenvalue weighted by Crippen LogP contribution is -2.24. The van der Waals surface area contributed by atoms with Crippen molar-refractivity contribution in [3.63, 3.8) is 0 Å². The van der Waals surface area contributed by atoms with Crippen LogP contribution >= 0.6 is 11.6 Å². The molecule has 0 spiro atoms. The number of halogens is 1. The Morgan fingerprint density at radius 2 is 1.95 bits per heavy atom. The Labute approximate surface area is 234 Å². The third-order valence-electron chi connectivity index (χ3n) is 7.31. The standard InChI is InChI=1S/C28H26ClN9O2/c29-19-5-7-36-16-33-21(22(36)9-19)10-26(39)35-25-11-24(31-15-32-25)30-12-20-14-37-13-18(17-3-4-17)8-23(28(37)34-20)38-6-1-2-27(38)40/h5,7-9,11,13-17H,1-4,6,10,12H2,(H2,30,31,32,35,39). The second-order valence-corrected chi connectivity index (χ2v) is 10.7. The van der Waals surface area contributed by atoms with Crippen molar-refractivity contribution < 1.29 is 9.59 Å². The summed E-state index contributed by atoms with van der Waals surface area (Å²) in [4.78, 5) is 44.8. The van der Waals surface area contributed by atoms with Crippen LogP contribution in [0.4, 0.5) is 17.3 Å². The maximum Gasteiger partial charge on any atom is 0.231 e. The molecule has 1 aliphatic heterocycles. The number of fused-ring (bicyclic) bond motifs is 2. The number of nitrogens with one attached hydrogen (secondary N) is 2. The van der Waals surface area contributed by atoms with E-state index in [1.54, 1.807) is 30.7 Å². The van der Waals surface area contributed by atoms with Crippen LogP contribution in [0.2, 0.25) is 5.02 Å². The van der Waals surface area contributed by atoms with Crippen LogP contribution in [0.25, 0.3) is 11.2 Å². The predicted molar refractivity (Wildman–Crippen MR) is 151 cm³/mol. The molecule has 12 heteroatoms. The number of hydrogen-bond acceptors (Lipinski definition) is 7. The molecule has 0 bridgehead atoms. The minimum absolute atomic E-state index is 0.0789. The van der Waals surface area contributed by atoms with E-state index in [4.69, 9.17) is 16.6 Å². The zero-order valence-electron chi connectivity index (χ0n) is 21.5. The lowest BCUT2D eigenvalue weighted by atomic mass is 10.1. The summed E-state index contributed by atoms with van der Waals surface area (Å²) in [5.74, 6) is 1.39. The van der Waals surface area contributed by atoms with Crippen LogP contribution in [-0.4, -0.2) is 47.1 Å². The fourth-order valence-corrected chi connectivity index (χ4v) is 5.33. The monoisotopic (exact) mass is 555 g/mol. The van der Waals surface area contributed by atoms with Gasteiger partial charge in [0.05, 0.1) is 41.9 Å². The van der Waals surface area contributed by atoms with E-state index in [1.165, 1.54) is 24.7 Å². The van der Waals surface area contributed by atoms with Crippen LogP contribution in [0, 0.1) is 0 Å². The van der Waals surface area contributed by atoms with Gasteiger partial charge < -0.3 is 24.3 Å². The fourth-order valence-electron chi connectivity index (χ4n) is 5.17. The Bertz CT molecular complexity index is 1770. The molecular formula is C28H26ClN9O2. The molecule has 1 saturated heterocycles. The van der Waals surface area contributed by atoms with E-state index in [2.05, 4.69) is 37.8 Å². The lowest BCUT2D eigenvalue weighted by Gasteiger charge is -2.17. The quantitative estimate of drug-likeness (QED) is 0.294. The molecule has 5 aromatic rings. The minimum Gasteiger partial charge on any atom is -0.364 e. The van der Waals surface area contributed by atoms with Crippen LogP contribution < -0.4 is 15.5 Å². The van der Waals surface area contributed by atoms with Gasteiger partial charge in [0.25, 0.3) is 0 Å². The van der Waals surface area contributed by atoms with Crippen molar-refractivity contribution in [1.82, 2.24) is 28.7 Å². The Kier molecular flexibility index (Phi) is 6.07. The van der Waals surface area contributed by atoms with E-state index in [1.807, 2.05) is 19.9 Å². The van der Waals surface area contributed by atoms with E-state index >= 15 is 0 Å². The van der Waals surface area contributed by atoms with Gasteiger partial charge in [-0.05, 0) is 48.9 Å². The Hall–Kier alpha value is -4.51. The van der Waals surface area contributed by atoms with Gasteiger partial charge in [0.15, 0.2) is 5.65 Å². The summed E-state index contributed by atoms with van der Waals surface area (Å²) in [6.45, 7) is 1.14. The van der Waals surface area contributed by atoms with Crippen molar-refractivity contribution in [2.45, 2.75) is 44.6 Å². The van der Waals surface area contributed by atoms with E-state index < -0.39 is 0 Å². The highest BCUT2D eigenvalue weighted by atomic mass is 35.5. The first kappa shape index (κ1) is 24.5. The molecule has 11 nitrogen and oxygen atoms in total. The summed E-state index contributed by atoms with van der Waals surface area (Å²) >= 11 is 6.11. The van der Waals surface area contributed by atoms with Gasteiger partial charge in [0.2, 0.25) is 11.8 Å². The van der Waals surface area contributed by atoms with Gasteiger partial charge in [-0.2, -0.15) is 0 Å². The van der Waals surface area contributed by atoms with Crippen molar-refractivity contribution in [2.24, 2.45) is 0 Å². The molecular weight excluding hydrogens is 530 g/mol. The average molecular weight is 556 g/mol. The molecule has 2 aliphatic rings. The molecule has 6 heterocycles. The second kappa shape index (κ2) is 9.91.